The third kappa shape index (κ3) is 3.42. The van der Waals surface area contributed by atoms with E-state index in [1.54, 1.807) is 0 Å². The Labute approximate surface area is 138 Å². The zero-order chi connectivity index (χ0) is 15.5. The van der Waals surface area contributed by atoms with E-state index in [1.807, 2.05) is 0 Å². The molecule has 2 aliphatic rings. The summed E-state index contributed by atoms with van der Waals surface area (Å²) in [4.78, 5) is 0. The van der Waals surface area contributed by atoms with Gasteiger partial charge in [0.1, 0.15) is 0 Å². The zero-order valence-corrected chi connectivity index (χ0v) is 13.6. The quantitative estimate of drug-likeness (QED) is 0.910. The first kappa shape index (κ1) is 15.1. The highest BCUT2D eigenvalue weighted by atomic mass is 16.5. The van der Waals surface area contributed by atoms with Crippen molar-refractivity contribution in [3.63, 3.8) is 0 Å². The van der Waals surface area contributed by atoms with E-state index in [0.717, 1.165) is 26.3 Å². The minimum Gasteiger partial charge on any atom is -0.379 e. The molecule has 23 heavy (non-hydrogen) atoms. The third-order valence-electron chi connectivity index (χ3n) is 5.42. The van der Waals surface area contributed by atoms with Crippen LogP contribution in [0.2, 0.25) is 0 Å². The number of hydrogen-bond donors (Lipinski definition) is 2. The lowest BCUT2D eigenvalue weighted by Crippen LogP contribution is -2.50. The molecule has 0 spiro atoms. The minimum atomic E-state index is 0.528. The lowest BCUT2D eigenvalue weighted by Gasteiger charge is -2.33. The Morgan fingerprint density at radius 2 is 2.00 bits per heavy atom. The van der Waals surface area contributed by atoms with Crippen molar-refractivity contribution in [1.29, 1.82) is 0 Å². The first-order valence-electron chi connectivity index (χ1n) is 8.92. The summed E-state index contributed by atoms with van der Waals surface area (Å²) in [5, 5.41) is 10.1. The van der Waals surface area contributed by atoms with E-state index in [1.165, 1.54) is 35.6 Å². The Balaban J connectivity index is 1.40. The fourth-order valence-electron chi connectivity index (χ4n) is 4.18. The molecule has 3 unspecified atom stereocenters. The molecule has 0 aromatic heterocycles. The van der Waals surface area contributed by atoms with Gasteiger partial charge in [-0.25, -0.2) is 0 Å². The van der Waals surface area contributed by atoms with E-state index in [2.05, 4.69) is 53.1 Å². The fraction of sp³-hybridized carbons (Fsp3) is 0.500. The average molecular weight is 310 g/mol. The Bertz CT molecular complexity index is 651. The van der Waals surface area contributed by atoms with Gasteiger partial charge in [0.05, 0.1) is 13.2 Å². The largest absolute Gasteiger partial charge is 0.379 e. The molecule has 2 N–H and O–H groups in total. The van der Waals surface area contributed by atoms with Crippen molar-refractivity contribution in [2.24, 2.45) is 5.92 Å². The predicted molar refractivity (Wildman–Crippen MR) is 94.5 cm³/mol. The summed E-state index contributed by atoms with van der Waals surface area (Å²) in [5.41, 5.74) is 1.38. The highest BCUT2D eigenvalue weighted by Gasteiger charge is 2.34. The summed E-state index contributed by atoms with van der Waals surface area (Å²) in [5.74, 6) is 0.704. The first-order valence-corrected chi connectivity index (χ1v) is 8.92. The van der Waals surface area contributed by atoms with Crippen LogP contribution in [0.3, 0.4) is 0 Å². The van der Waals surface area contributed by atoms with Gasteiger partial charge in [-0.1, -0.05) is 42.8 Å². The van der Waals surface area contributed by atoms with E-state index in [4.69, 9.17) is 4.74 Å². The van der Waals surface area contributed by atoms with Crippen LogP contribution < -0.4 is 10.6 Å². The van der Waals surface area contributed by atoms with Crippen LogP contribution >= 0.6 is 0 Å². The van der Waals surface area contributed by atoms with Crippen LogP contribution in [0.25, 0.3) is 10.8 Å². The molecule has 2 aromatic rings. The number of fused-ring (bicyclic) bond motifs is 1. The molecule has 3 atom stereocenters. The second-order valence-electron chi connectivity index (χ2n) is 6.90. The van der Waals surface area contributed by atoms with Gasteiger partial charge in [0.25, 0.3) is 0 Å². The minimum absolute atomic E-state index is 0.528. The SMILES string of the molecule is c1ccc2cc(CNC3CCCC3C3COCCN3)ccc2c1. The lowest BCUT2D eigenvalue weighted by molar-refractivity contribution is 0.0524. The van der Waals surface area contributed by atoms with Crippen molar-refractivity contribution in [3.8, 4) is 0 Å². The molecule has 1 heterocycles. The van der Waals surface area contributed by atoms with Gasteiger partial charge in [0.2, 0.25) is 0 Å². The Kier molecular flexibility index (Phi) is 4.60. The Morgan fingerprint density at radius 1 is 1.09 bits per heavy atom. The van der Waals surface area contributed by atoms with E-state index in [0.29, 0.717) is 18.0 Å². The molecule has 1 aliphatic heterocycles. The molecular weight excluding hydrogens is 284 g/mol. The molecule has 1 saturated carbocycles. The van der Waals surface area contributed by atoms with Crippen molar-refractivity contribution in [3.05, 3.63) is 48.0 Å². The molecule has 2 aromatic carbocycles. The van der Waals surface area contributed by atoms with E-state index in [9.17, 15) is 0 Å². The summed E-state index contributed by atoms with van der Waals surface area (Å²) >= 11 is 0. The number of ether oxygens (including phenoxy) is 1. The summed E-state index contributed by atoms with van der Waals surface area (Å²) in [6, 6.07) is 16.5. The molecule has 1 saturated heterocycles. The average Bonchev–Trinajstić information content (AvgIpc) is 3.09. The van der Waals surface area contributed by atoms with Gasteiger partial charge >= 0.3 is 0 Å². The Hall–Kier alpha value is -1.42. The van der Waals surface area contributed by atoms with Gasteiger partial charge in [-0.2, -0.15) is 0 Å². The van der Waals surface area contributed by atoms with Crippen molar-refractivity contribution < 1.29 is 4.74 Å². The molecular formula is C20H26N2O. The molecule has 0 radical (unpaired) electrons. The smallest absolute Gasteiger partial charge is 0.0623 e. The van der Waals surface area contributed by atoms with Crippen molar-refractivity contribution in [2.45, 2.75) is 37.9 Å². The van der Waals surface area contributed by atoms with Gasteiger partial charge in [0, 0.05) is 25.2 Å². The second kappa shape index (κ2) is 7.00. The maximum atomic E-state index is 5.66. The van der Waals surface area contributed by atoms with Gasteiger partial charge in [-0.15, -0.1) is 0 Å². The highest BCUT2D eigenvalue weighted by Crippen LogP contribution is 2.29. The maximum absolute atomic E-state index is 5.66. The van der Waals surface area contributed by atoms with Gasteiger partial charge in [-0.05, 0) is 41.2 Å². The summed E-state index contributed by atoms with van der Waals surface area (Å²) < 4.78 is 5.66. The van der Waals surface area contributed by atoms with Crippen molar-refractivity contribution in [2.75, 3.05) is 19.8 Å². The zero-order valence-electron chi connectivity index (χ0n) is 13.6. The first-order chi connectivity index (χ1) is 11.4. The molecule has 0 bridgehead atoms. The number of nitrogens with one attached hydrogen (secondary N) is 2. The monoisotopic (exact) mass is 310 g/mol. The van der Waals surface area contributed by atoms with Crippen LogP contribution in [0.5, 0.6) is 0 Å². The molecule has 3 nitrogen and oxygen atoms in total. The second-order valence-corrected chi connectivity index (χ2v) is 6.90. The molecule has 3 heteroatoms. The van der Waals surface area contributed by atoms with Gasteiger partial charge in [0.15, 0.2) is 0 Å². The number of morpholine rings is 1. The molecule has 2 fully saturated rings. The van der Waals surface area contributed by atoms with Crippen LogP contribution in [0.1, 0.15) is 24.8 Å². The van der Waals surface area contributed by atoms with E-state index >= 15 is 0 Å². The van der Waals surface area contributed by atoms with Crippen molar-refractivity contribution in [1.82, 2.24) is 10.6 Å². The number of rotatable bonds is 4. The van der Waals surface area contributed by atoms with Crippen LogP contribution in [-0.2, 0) is 11.3 Å². The fourth-order valence-corrected chi connectivity index (χ4v) is 4.18. The Morgan fingerprint density at radius 3 is 2.87 bits per heavy atom. The van der Waals surface area contributed by atoms with Gasteiger partial charge in [-0.3, -0.25) is 0 Å². The normalized spacial score (nSPS) is 28.3. The van der Waals surface area contributed by atoms with Crippen LogP contribution in [0, 0.1) is 5.92 Å². The summed E-state index contributed by atoms with van der Waals surface area (Å²) in [7, 11) is 0. The van der Waals surface area contributed by atoms with E-state index in [-0.39, 0.29) is 0 Å². The molecule has 0 amide bonds. The topological polar surface area (TPSA) is 33.3 Å². The summed E-state index contributed by atoms with van der Waals surface area (Å²) in [6.07, 6.45) is 3.94. The predicted octanol–water partition coefficient (Wildman–Crippen LogP) is 3.09. The number of benzene rings is 2. The third-order valence-corrected chi connectivity index (χ3v) is 5.42. The molecule has 1 aliphatic carbocycles. The maximum Gasteiger partial charge on any atom is 0.0623 e. The van der Waals surface area contributed by atoms with Gasteiger partial charge < -0.3 is 15.4 Å². The standard InChI is InChI=1S/C20H26N2O/c1-2-5-17-12-15(8-9-16(17)4-1)13-22-19-7-3-6-18(19)20-14-23-11-10-21-20/h1-2,4-5,8-9,12,18-22H,3,6-7,10-11,13-14H2. The number of hydrogen-bond acceptors (Lipinski definition) is 3. The van der Waals surface area contributed by atoms with E-state index < -0.39 is 0 Å². The van der Waals surface area contributed by atoms with Crippen LogP contribution in [0.4, 0.5) is 0 Å². The van der Waals surface area contributed by atoms with Crippen LogP contribution in [-0.4, -0.2) is 31.8 Å². The van der Waals surface area contributed by atoms with Crippen LogP contribution in [0.15, 0.2) is 42.5 Å². The molecule has 4 rings (SSSR count). The lowest BCUT2D eigenvalue weighted by atomic mass is 9.94. The highest BCUT2D eigenvalue weighted by molar-refractivity contribution is 5.82. The summed E-state index contributed by atoms with van der Waals surface area (Å²) in [6.45, 7) is 3.69. The van der Waals surface area contributed by atoms with Crippen molar-refractivity contribution >= 4 is 10.8 Å². The molecule has 122 valence electrons.